The van der Waals surface area contributed by atoms with E-state index in [1.54, 1.807) is 39.7 Å². The van der Waals surface area contributed by atoms with Gasteiger partial charge in [-0.2, -0.15) is 4.31 Å². The van der Waals surface area contributed by atoms with Gasteiger partial charge in [-0.15, -0.1) is 0 Å². The lowest BCUT2D eigenvalue weighted by Gasteiger charge is -2.22. The average Bonchev–Trinajstić information content (AvgIpc) is 3.19. The van der Waals surface area contributed by atoms with Crippen LogP contribution in [0, 0.1) is 0 Å². The van der Waals surface area contributed by atoms with Crippen LogP contribution >= 0.6 is 0 Å². The minimum absolute atomic E-state index is 0.233. The van der Waals surface area contributed by atoms with Crippen molar-refractivity contribution in [2.75, 3.05) is 0 Å². The molecule has 1 aliphatic heterocycles. The van der Waals surface area contributed by atoms with Gasteiger partial charge in [-0.3, -0.25) is 0 Å². The summed E-state index contributed by atoms with van der Waals surface area (Å²) in [6, 6.07) is 9.32. The van der Waals surface area contributed by atoms with Gasteiger partial charge in [0, 0.05) is 12.1 Å². The number of sulfonamides is 1. The summed E-state index contributed by atoms with van der Waals surface area (Å²) in [5, 5.41) is 0. The van der Waals surface area contributed by atoms with Crippen molar-refractivity contribution in [1.82, 2.24) is 4.31 Å². The average molecular weight is 289 g/mol. The van der Waals surface area contributed by atoms with E-state index in [0.717, 1.165) is 12.8 Å². The zero-order valence-electron chi connectivity index (χ0n) is 11.5. The highest BCUT2D eigenvalue weighted by Crippen LogP contribution is 2.49. The van der Waals surface area contributed by atoms with Crippen molar-refractivity contribution >= 4 is 10.0 Å². The van der Waals surface area contributed by atoms with E-state index < -0.39 is 10.0 Å². The monoisotopic (exact) mass is 289 g/mol. The van der Waals surface area contributed by atoms with Crippen LogP contribution in [0.1, 0.15) is 38.5 Å². The minimum atomic E-state index is -3.28. The van der Waals surface area contributed by atoms with Crippen LogP contribution in [0.2, 0.25) is 0 Å². The number of hydrogen-bond donors (Lipinski definition) is 0. The number of rotatable bonds is 2. The third-order valence-electron chi connectivity index (χ3n) is 4.94. The third-order valence-corrected chi connectivity index (χ3v) is 6.91. The highest BCUT2D eigenvalue weighted by Gasteiger charge is 2.57. The lowest BCUT2D eigenvalue weighted by atomic mass is 9.82. The lowest BCUT2D eigenvalue weighted by Crippen LogP contribution is -2.15. The van der Waals surface area contributed by atoms with Gasteiger partial charge in [-0.25, -0.2) is 8.42 Å². The van der Waals surface area contributed by atoms with Crippen LogP contribution in [0.25, 0.3) is 0 Å². The minimum Gasteiger partial charge on any atom is -0.207 e. The van der Waals surface area contributed by atoms with Crippen molar-refractivity contribution in [3.63, 3.8) is 0 Å². The van der Waals surface area contributed by atoms with Crippen LogP contribution in [0.5, 0.6) is 0 Å². The van der Waals surface area contributed by atoms with E-state index in [1.807, 2.05) is 6.07 Å². The topological polar surface area (TPSA) is 37.1 Å². The van der Waals surface area contributed by atoms with E-state index >= 15 is 0 Å². The molecule has 1 fully saturated rings. The predicted molar refractivity (Wildman–Crippen MR) is 77.8 cm³/mol. The predicted octanol–water partition coefficient (Wildman–Crippen LogP) is 3.09. The largest absolute Gasteiger partial charge is 0.243 e. The molecule has 1 heterocycles. The maximum Gasteiger partial charge on any atom is 0.243 e. The Labute approximate surface area is 120 Å². The van der Waals surface area contributed by atoms with E-state index in [-0.39, 0.29) is 12.1 Å². The fourth-order valence-corrected chi connectivity index (χ4v) is 5.69. The van der Waals surface area contributed by atoms with Gasteiger partial charge in [0.2, 0.25) is 10.0 Å². The fourth-order valence-electron chi connectivity index (χ4n) is 3.86. The molecule has 3 aliphatic rings. The van der Waals surface area contributed by atoms with Gasteiger partial charge < -0.3 is 0 Å². The smallest absolute Gasteiger partial charge is 0.207 e. The molecule has 20 heavy (non-hydrogen) atoms. The van der Waals surface area contributed by atoms with Crippen LogP contribution in [0.15, 0.2) is 46.4 Å². The standard InChI is InChI=1S/C16H19NO2S/c18-20(19,14-8-2-1-3-9-14)17-15-10-12-6-4-5-7-13(12)11-16(15)17/h1-3,8-9,15-16H,4-7,10-11H2. The Morgan fingerprint density at radius 3 is 2.00 bits per heavy atom. The van der Waals surface area contributed by atoms with Crippen molar-refractivity contribution in [2.45, 2.75) is 55.5 Å². The zero-order chi connectivity index (χ0) is 13.7. The molecule has 1 saturated heterocycles. The molecule has 0 amide bonds. The molecule has 1 aromatic rings. The molecule has 4 heteroatoms. The van der Waals surface area contributed by atoms with Gasteiger partial charge in [0.15, 0.2) is 0 Å². The van der Waals surface area contributed by atoms with Gasteiger partial charge in [0.25, 0.3) is 0 Å². The Morgan fingerprint density at radius 2 is 1.45 bits per heavy atom. The van der Waals surface area contributed by atoms with Crippen LogP contribution < -0.4 is 0 Å². The Bertz CT molecular complexity index is 639. The quantitative estimate of drug-likeness (QED) is 0.620. The van der Waals surface area contributed by atoms with Crippen molar-refractivity contribution in [1.29, 1.82) is 0 Å². The summed E-state index contributed by atoms with van der Waals surface area (Å²) in [5.74, 6) is 0. The summed E-state index contributed by atoms with van der Waals surface area (Å²) in [6.07, 6.45) is 6.90. The molecule has 2 atom stereocenters. The van der Waals surface area contributed by atoms with Crippen LogP contribution in [-0.4, -0.2) is 24.8 Å². The summed E-state index contributed by atoms with van der Waals surface area (Å²) < 4.78 is 27.1. The van der Waals surface area contributed by atoms with Gasteiger partial charge in [0.1, 0.15) is 0 Å². The number of nitrogens with zero attached hydrogens (tertiary/aromatic N) is 1. The first kappa shape index (κ1) is 12.6. The van der Waals surface area contributed by atoms with E-state index in [2.05, 4.69) is 0 Å². The first-order valence-electron chi connectivity index (χ1n) is 7.46. The summed E-state index contributed by atoms with van der Waals surface area (Å²) >= 11 is 0. The summed E-state index contributed by atoms with van der Waals surface area (Å²) in [7, 11) is -3.28. The highest BCUT2D eigenvalue weighted by molar-refractivity contribution is 7.89. The lowest BCUT2D eigenvalue weighted by molar-refractivity contribution is 0.545. The Hall–Kier alpha value is -1.13. The second kappa shape index (κ2) is 4.43. The first-order chi connectivity index (χ1) is 9.68. The van der Waals surface area contributed by atoms with Gasteiger partial charge >= 0.3 is 0 Å². The van der Waals surface area contributed by atoms with Crippen molar-refractivity contribution in [3.05, 3.63) is 41.5 Å². The molecule has 3 nitrogen and oxygen atoms in total. The molecule has 1 aromatic carbocycles. The molecule has 0 saturated carbocycles. The van der Waals surface area contributed by atoms with Gasteiger partial charge in [-0.1, -0.05) is 29.3 Å². The maximum atomic E-state index is 12.7. The first-order valence-corrected chi connectivity index (χ1v) is 8.90. The zero-order valence-corrected chi connectivity index (χ0v) is 12.3. The molecular formula is C16H19NO2S. The maximum absolute atomic E-state index is 12.7. The van der Waals surface area contributed by atoms with Crippen LogP contribution in [-0.2, 0) is 10.0 Å². The highest BCUT2D eigenvalue weighted by atomic mass is 32.2. The van der Waals surface area contributed by atoms with E-state index in [4.69, 9.17) is 0 Å². The third kappa shape index (κ3) is 1.85. The Kier molecular flexibility index (Phi) is 2.79. The second-order valence-corrected chi connectivity index (χ2v) is 7.95. The molecule has 106 valence electrons. The normalized spacial score (nSPS) is 32.5. The molecule has 0 aromatic heterocycles. The molecule has 0 bridgehead atoms. The summed E-state index contributed by atoms with van der Waals surface area (Å²) in [5.41, 5.74) is 3.12. The molecular weight excluding hydrogens is 270 g/mol. The van der Waals surface area contributed by atoms with E-state index in [0.29, 0.717) is 4.90 Å². The Balaban J connectivity index is 1.60. The van der Waals surface area contributed by atoms with Crippen molar-refractivity contribution < 1.29 is 8.42 Å². The van der Waals surface area contributed by atoms with Gasteiger partial charge in [-0.05, 0) is 50.7 Å². The van der Waals surface area contributed by atoms with Gasteiger partial charge in [0.05, 0.1) is 4.90 Å². The van der Waals surface area contributed by atoms with E-state index in [1.165, 1.54) is 25.7 Å². The summed E-state index contributed by atoms with van der Waals surface area (Å²) in [4.78, 5) is 0.437. The second-order valence-electron chi connectivity index (χ2n) is 6.11. The number of benzene rings is 1. The molecule has 0 radical (unpaired) electrons. The fraction of sp³-hybridized carbons (Fsp3) is 0.500. The summed E-state index contributed by atoms with van der Waals surface area (Å²) in [6.45, 7) is 0. The molecule has 0 N–H and O–H groups in total. The van der Waals surface area contributed by atoms with E-state index in [9.17, 15) is 8.42 Å². The molecule has 0 spiro atoms. The number of fused-ring (bicyclic) bond motifs is 1. The molecule has 2 aliphatic carbocycles. The van der Waals surface area contributed by atoms with Crippen LogP contribution in [0.3, 0.4) is 0 Å². The van der Waals surface area contributed by atoms with Crippen molar-refractivity contribution in [3.8, 4) is 0 Å². The molecule has 4 rings (SSSR count). The Morgan fingerprint density at radius 1 is 0.900 bits per heavy atom. The SMILES string of the molecule is O=S(=O)(c1ccccc1)N1C2CC3=C(CCCC3)CC21. The number of hydrogen-bond acceptors (Lipinski definition) is 2. The van der Waals surface area contributed by atoms with Crippen molar-refractivity contribution in [2.24, 2.45) is 0 Å². The van der Waals surface area contributed by atoms with Crippen LogP contribution in [0.4, 0.5) is 0 Å². The molecule has 2 unspecified atom stereocenters.